The highest BCUT2D eigenvalue weighted by Gasteiger charge is 2.26. The molecule has 1 fully saturated rings. The van der Waals surface area contributed by atoms with Crippen molar-refractivity contribution in [2.75, 3.05) is 33.0 Å². The van der Waals surface area contributed by atoms with Gasteiger partial charge in [-0.05, 0) is 26.2 Å². The van der Waals surface area contributed by atoms with E-state index in [1.807, 2.05) is 0 Å². The molecule has 0 radical (unpaired) electrons. The second kappa shape index (κ2) is 7.22. The van der Waals surface area contributed by atoms with Gasteiger partial charge < -0.3 is 19.9 Å². The Morgan fingerprint density at radius 1 is 1.25 bits per heavy atom. The molecule has 1 unspecified atom stereocenters. The Hall–Kier alpha value is -0.160. The first kappa shape index (κ1) is 13.9. The number of rotatable bonds is 10. The van der Waals surface area contributed by atoms with E-state index in [2.05, 4.69) is 12.2 Å². The van der Waals surface area contributed by atoms with Crippen molar-refractivity contribution in [3.8, 4) is 0 Å². The summed E-state index contributed by atoms with van der Waals surface area (Å²) >= 11 is 0. The summed E-state index contributed by atoms with van der Waals surface area (Å²) in [5.41, 5.74) is -0.770. The summed E-state index contributed by atoms with van der Waals surface area (Å²) in [6.07, 6.45) is 3.51. The first-order chi connectivity index (χ1) is 7.64. The molecule has 96 valence electrons. The predicted octanol–water partition coefficient (Wildman–Crippen LogP) is 0.933. The van der Waals surface area contributed by atoms with Crippen LogP contribution in [0.3, 0.4) is 0 Å². The van der Waals surface area contributed by atoms with E-state index in [-0.39, 0.29) is 0 Å². The molecule has 1 aliphatic rings. The molecule has 0 aromatic heterocycles. The quantitative estimate of drug-likeness (QED) is 0.549. The predicted molar refractivity (Wildman–Crippen MR) is 63.6 cm³/mol. The van der Waals surface area contributed by atoms with Gasteiger partial charge >= 0.3 is 0 Å². The Morgan fingerprint density at radius 3 is 2.56 bits per heavy atom. The Bertz CT molecular complexity index is 181. The average molecular weight is 231 g/mol. The van der Waals surface area contributed by atoms with E-state index < -0.39 is 5.60 Å². The van der Waals surface area contributed by atoms with Crippen LogP contribution in [0.25, 0.3) is 0 Å². The molecule has 0 aromatic carbocycles. The maximum atomic E-state index is 9.97. The second-order valence-corrected chi connectivity index (χ2v) is 4.82. The summed E-state index contributed by atoms with van der Waals surface area (Å²) in [5.74, 6) is 0. The van der Waals surface area contributed by atoms with E-state index >= 15 is 0 Å². The Morgan fingerprint density at radius 2 is 1.94 bits per heavy atom. The first-order valence-electron chi connectivity index (χ1n) is 6.25. The molecule has 0 heterocycles. The maximum absolute atomic E-state index is 9.97. The van der Waals surface area contributed by atoms with Crippen LogP contribution >= 0.6 is 0 Å². The lowest BCUT2D eigenvalue weighted by molar-refractivity contribution is -0.0465. The van der Waals surface area contributed by atoms with Gasteiger partial charge in [0.1, 0.15) is 0 Å². The topological polar surface area (TPSA) is 50.7 Å². The van der Waals surface area contributed by atoms with Gasteiger partial charge in [0, 0.05) is 19.2 Å². The third-order valence-corrected chi connectivity index (χ3v) is 2.48. The standard InChI is InChI=1S/C12H25NO3/c1-3-6-15-7-8-16-10-12(2,14)9-13-11-4-5-11/h11,13-14H,3-10H2,1-2H3. The molecule has 0 bridgehead atoms. The monoisotopic (exact) mass is 231 g/mol. The fourth-order valence-corrected chi connectivity index (χ4v) is 1.36. The largest absolute Gasteiger partial charge is 0.386 e. The fraction of sp³-hybridized carbons (Fsp3) is 1.00. The summed E-state index contributed by atoms with van der Waals surface area (Å²) in [5, 5.41) is 13.3. The number of hydrogen-bond acceptors (Lipinski definition) is 4. The van der Waals surface area contributed by atoms with Crippen LogP contribution < -0.4 is 5.32 Å². The van der Waals surface area contributed by atoms with E-state index in [1.54, 1.807) is 6.92 Å². The molecule has 0 aliphatic heterocycles. The minimum absolute atomic E-state index is 0.363. The van der Waals surface area contributed by atoms with Crippen molar-refractivity contribution in [1.82, 2.24) is 5.32 Å². The van der Waals surface area contributed by atoms with Crippen LogP contribution in [0.2, 0.25) is 0 Å². The summed E-state index contributed by atoms with van der Waals surface area (Å²) in [7, 11) is 0. The van der Waals surface area contributed by atoms with Crippen LogP contribution in [0.4, 0.5) is 0 Å². The third kappa shape index (κ3) is 7.17. The van der Waals surface area contributed by atoms with E-state index in [0.29, 0.717) is 32.4 Å². The molecule has 0 saturated heterocycles. The lowest BCUT2D eigenvalue weighted by Gasteiger charge is -2.23. The van der Waals surface area contributed by atoms with Crippen LogP contribution in [0, 0.1) is 0 Å². The zero-order valence-electron chi connectivity index (χ0n) is 10.5. The highest BCUT2D eigenvalue weighted by atomic mass is 16.5. The van der Waals surface area contributed by atoms with Crippen molar-refractivity contribution in [3.63, 3.8) is 0 Å². The molecular weight excluding hydrogens is 206 g/mol. The van der Waals surface area contributed by atoms with Crippen LogP contribution in [-0.4, -0.2) is 49.7 Å². The minimum Gasteiger partial charge on any atom is -0.386 e. The number of nitrogens with one attached hydrogen (secondary N) is 1. The summed E-state index contributed by atoms with van der Waals surface area (Å²) in [4.78, 5) is 0. The van der Waals surface area contributed by atoms with Crippen molar-refractivity contribution >= 4 is 0 Å². The van der Waals surface area contributed by atoms with Crippen LogP contribution in [0.1, 0.15) is 33.1 Å². The van der Waals surface area contributed by atoms with Gasteiger partial charge in [-0.15, -0.1) is 0 Å². The number of hydrogen-bond donors (Lipinski definition) is 2. The van der Waals surface area contributed by atoms with Gasteiger partial charge in [-0.2, -0.15) is 0 Å². The molecule has 0 spiro atoms. The smallest absolute Gasteiger partial charge is 0.0975 e. The Balaban J connectivity index is 1.92. The van der Waals surface area contributed by atoms with Gasteiger partial charge in [0.05, 0.1) is 25.4 Å². The van der Waals surface area contributed by atoms with Crippen molar-refractivity contribution in [2.24, 2.45) is 0 Å². The van der Waals surface area contributed by atoms with E-state index in [0.717, 1.165) is 13.0 Å². The molecule has 1 rings (SSSR count). The van der Waals surface area contributed by atoms with Gasteiger partial charge in [0.2, 0.25) is 0 Å². The van der Waals surface area contributed by atoms with Crippen LogP contribution in [-0.2, 0) is 9.47 Å². The molecule has 1 atom stereocenters. The van der Waals surface area contributed by atoms with E-state index in [4.69, 9.17) is 9.47 Å². The van der Waals surface area contributed by atoms with Crippen molar-refractivity contribution in [2.45, 2.75) is 44.8 Å². The van der Waals surface area contributed by atoms with Gasteiger partial charge in [0.15, 0.2) is 0 Å². The lowest BCUT2D eigenvalue weighted by atomic mass is 10.1. The molecular formula is C12H25NO3. The van der Waals surface area contributed by atoms with Gasteiger partial charge in [-0.3, -0.25) is 0 Å². The highest BCUT2D eigenvalue weighted by molar-refractivity contribution is 4.85. The van der Waals surface area contributed by atoms with Crippen molar-refractivity contribution < 1.29 is 14.6 Å². The minimum atomic E-state index is -0.770. The average Bonchev–Trinajstić information content (AvgIpc) is 3.04. The molecule has 1 aliphatic carbocycles. The lowest BCUT2D eigenvalue weighted by Crippen LogP contribution is -2.42. The van der Waals surface area contributed by atoms with Gasteiger partial charge in [-0.25, -0.2) is 0 Å². The fourth-order valence-electron chi connectivity index (χ4n) is 1.36. The zero-order valence-corrected chi connectivity index (χ0v) is 10.5. The summed E-state index contributed by atoms with van der Waals surface area (Å²) in [6.45, 7) is 6.79. The number of aliphatic hydroxyl groups is 1. The SMILES string of the molecule is CCCOCCOCC(C)(O)CNC1CC1. The molecule has 0 amide bonds. The molecule has 4 heteroatoms. The zero-order chi connectivity index (χ0) is 11.9. The molecule has 1 saturated carbocycles. The molecule has 16 heavy (non-hydrogen) atoms. The van der Waals surface area contributed by atoms with E-state index in [9.17, 15) is 5.11 Å². The summed E-state index contributed by atoms with van der Waals surface area (Å²) in [6, 6.07) is 0.624. The normalized spacial score (nSPS) is 19.7. The highest BCUT2D eigenvalue weighted by Crippen LogP contribution is 2.19. The van der Waals surface area contributed by atoms with Gasteiger partial charge in [-0.1, -0.05) is 6.92 Å². The Labute approximate surface area is 98.3 Å². The maximum Gasteiger partial charge on any atom is 0.0975 e. The second-order valence-electron chi connectivity index (χ2n) is 4.82. The van der Waals surface area contributed by atoms with Crippen molar-refractivity contribution in [3.05, 3.63) is 0 Å². The number of ether oxygens (including phenoxy) is 2. The molecule has 4 nitrogen and oxygen atoms in total. The molecule has 0 aromatic rings. The van der Waals surface area contributed by atoms with Gasteiger partial charge in [0.25, 0.3) is 0 Å². The molecule has 2 N–H and O–H groups in total. The third-order valence-electron chi connectivity index (χ3n) is 2.48. The first-order valence-corrected chi connectivity index (χ1v) is 6.25. The van der Waals surface area contributed by atoms with E-state index in [1.165, 1.54) is 12.8 Å². The Kier molecular flexibility index (Phi) is 6.28. The summed E-state index contributed by atoms with van der Waals surface area (Å²) < 4.78 is 10.7. The van der Waals surface area contributed by atoms with Crippen LogP contribution in [0.5, 0.6) is 0 Å². The van der Waals surface area contributed by atoms with Crippen LogP contribution in [0.15, 0.2) is 0 Å². The van der Waals surface area contributed by atoms with Crippen molar-refractivity contribution in [1.29, 1.82) is 0 Å².